The number of nitriles is 2. The van der Waals surface area contributed by atoms with Gasteiger partial charge >= 0.3 is 0 Å². The highest BCUT2D eigenvalue weighted by Crippen LogP contribution is 2.40. The summed E-state index contributed by atoms with van der Waals surface area (Å²) in [5.74, 6) is 0.940. The molecule has 0 bridgehead atoms. The molecule has 0 saturated heterocycles. The van der Waals surface area contributed by atoms with Crippen LogP contribution in [-0.2, 0) is 0 Å². The number of nitrogens with zero attached hydrogens (tertiary/aromatic N) is 7. The number of rotatable bonds is 5. The van der Waals surface area contributed by atoms with Crippen LogP contribution >= 0.6 is 0 Å². The first kappa shape index (κ1) is 29.4. The summed E-state index contributed by atoms with van der Waals surface area (Å²) in [5, 5.41) is 21.0. The van der Waals surface area contributed by atoms with E-state index in [0.29, 0.717) is 22.8 Å². The third-order valence-corrected chi connectivity index (χ3v) is 8.77. The Morgan fingerprint density at radius 1 is 0.490 bits per heavy atom. The van der Waals surface area contributed by atoms with E-state index in [1.165, 1.54) is 35.9 Å². The molecule has 0 saturated carbocycles. The number of hydrogen-bond donors (Lipinski definition) is 0. The lowest BCUT2D eigenvalue weighted by molar-refractivity contribution is 1.12. The second kappa shape index (κ2) is 12.0. The molecular weight excluding hydrogens is 603 g/mol. The van der Waals surface area contributed by atoms with E-state index >= 15 is 0 Å². The van der Waals surface area contributed by atoms with Gasteiger partial charge in [0.1, 0.15) is 12.1 Å². The van der Waals surface area contributed by atoms with Crippen molar-refractivity contribution < 1.29 is 0 Å². The molecule has 0 atom stereocenters. The van der Waals surface area contributed by atoms with Crippen LogP contribution in [0, 0.1) is 36.5 Å². The Hall–Kier alpha value is -6.96. The molecule has 0 N–H and O–H groups in total. The number of benzene rings is 5. The maximum absolute atomic E-state index is 9.48. The van der Waals surface area contributed by atoms with Crippen LogP contribution in [0.3, 0.4) is 0 Å². The van der Waals surface area contributed by atoms with E-state index in [-0.39, 0.29) is 0 Å². The third-order valence-electron chi connectivity index (χ3n) is 8.77. The molecule has 0 aliphatic heterocycles. The topological polar surface area (TPSA) is 104 Å². The number of aromatic nitrogens is 5. The molecular formula is C42H27N7. The zero-order valence-electron chi connectivity index (χ0n) is 26.8. The Morgan fingerprint density at radius 3 is 1.45 bits per heavy atom. The van der Waals surface area contributed by atoms with Gasteiger partial charge in [-0.15, -0.1) is 0 Å². The molecule has 49 heavy (non-hydrogen) atoms. The average Bonchev–Trinajstić information content (AvgIpc) is 3.47. The normalized spacial score (nSPS) is 11.0. The molecule has 230 valence electrons. The van der Waals surface area contributed by atoms with E-state index in [1.54, 1.807) is 0 Å². The molecule has 0 amide bonds. The summed E-state index contributed by atoms with van der Waals surface area (Å²) in [7, 11) is 0. The minimum Gasteiger partial charge on any atom is -0.308 e. The monoisotopic (exact) mass is 629 g/mol. The van der Waals surface area contributed by atoms with Crippen molar-refractivity contribution >= 4 is 21.8 Å². The minimum absolute atomic E-state index is 0.374. The zero-order chi connectivity index (χ0) is 33.5. The van der Waals surface area contributed by atoms with Crippen molar-refractivity contribution in [2.45, 2.75) is 13.8 Å². The van der Waals surface area contributed by atoms with Gasteiger partial charge in [0.25, 0.3) is 0 Å². The molecule has 5 aromatic carbocycles. The Balaban J connectivity index is 1.44. The summed E-state index contributed by atoms with van der Waals surface area (Å²) < 4.78 is 2.28. The Kier molecular flexibility index (Phi) is 7.21. The zero-order valence-corrected chi connectivity index (χ0v) is 26.8. The molecule has 7 nitrogen and oxygen atoms in total. The maximum Gasteiger partial charge on any atom is 0.161 e. The minimum atomic E-state index is 0.374. The van der Waals surface area contributed by atoms with Crippen LogP contribution in [-0.4, -0.2) is 24.5 Å². The maximum atomic E-state index is 9.48. The van der Waals surface area contributed by atoms with E-state index in [0.717, 1.165) is 60.9 Å². The van der Waals surface area contributed by atoms with Crippen LogP contribution in [0.25, 0.3) is 72.5 Å². The van der Waals surface area contributed by atoms with Gasteiger partial charge in [0, 0.05) is 46.7 Å². The van der Waals surface area contributed by atoms with Gasteiger partial charge in [0.2, 0.25) is 0 Å². The molecule has 0 aliphatic carbocycles. The van der Waals surface area contributed by atoms with E-state index in [1.807, 2.05) is 18.2 Å². The highest BCUT2D eigenvalue weighted by atomic mass is 15.0. The molecule has 0 aliphatic rings. The second-order valence-corrected chi connectivity index (χ2v) is 12.1. The SMILES string of the molecule is Cc1cccc(-c2ccc3c4ccc(-c5cccc(C)c5)cc4n(-c4ccc(-c5ncc(C#N)cn5)cc4-c4ncc(C#N)cn4)c3c2)c1. The Bertz CT molecular complexity index is 2540. The first-order chi connectivity index (χ1) is 24.0. The van der Waals surface area contributed by atoms with Crippen molar-refractivity contribution in [3.8, 4) is 62.9 Å². The summed E-state index contributed by atoms with van der Waals surface area (Å²) in [6.07, 6.45) is 6.10. The van der Waals surface area contributed by atoms with Gasteiger partial charge in [-0.1, -0.05) is 83.9 Å². The van der Waals surface area contributed by atoms with Gasteiger partial charge < -0.3 is 4.57 Å². The molecule has 0 fully saturated rings. The van der Waals surface area contributed by atoms with E-state index < -0.39 is 0 Å². The van der Waals surface area contributed by atoms with Crippen LogP contribution in [0.5, 0.6) is 0 Å². The lowest BCUT2D eigenvalue weighted by Gasteiger charge is -2.15. The number of hydrogen-bond acceptors (Lipinski definition) is 6. The summed E-state index contributed by atoms with van der Waals surface area (Å²) in [6.45, 7) is 4.21. The van der Waals surface area contributed by atoms with Gasteiger partial charge in [-0.2, -0.15) is 10.5 Å². The number of fused-ring (bicyclic) bond motifs is 3. The first-order valence-corrected chi connectivity index (χ1v) is 15.8. The standard InChI is InChI=1S/C42H27N7/c1-26-5-3-7-30(15-26)32-9-12-35-36-13-10-33(31-8-4-6-27(2)16-31)19-40(36)49(39(35)18-32)38-14-11-34(41-45-22-28(20-43)23-46-41)17-37(38)42-47-24-29(21-44)25-48-42/h3-19,22-25H,1-2H3. The van der Waals surface area contributed by atoms with Gasteiger partial charge in [0.05, 0.1) is 27.8 Å². The predicted molar refractivity (Wildman–Crippen MR) is 193 cm³/mol. The third kappa shape index (κ3) is 5.36. The summed E-state index contributed by atoms with van der Waals surface area (Å²) in [4.78, 5) is 18.2. The summed E-state index contributed by atoms with van der Waals surface area (Å²) >= 11 is 0. The Labute approximate surface area is 283 Å². The van der Waals surface area contributed by atoms with Gasteiger partial charge in [-0.25, -0.2) is 19.9 Å². The van der Waals surface area contributed by atoms with Gasteiger partial charge in [-0.3, -0.25) is 0 Å². The molecule has 3 aromatic heterocycles. The van der Waals surface area contributed by atoms with Crippen LogP contribution in [0.4, 0.5) is 0 Å². The lowest BCUT2D eigenvalue weighted by atomic mass is 10.0. The molecule has 3 heterocycles. The molecule has 8 aromatic rings. The van der Waals surface area contributed by atoms with Crippen molar-refractivity contribution in [1.82, 2.24) is 24.5 Å². The first-order valence-electron chi connectivity index (χ1n) is 15.8. The number of aryl methyl sites for hydroxylation is 2. The fraction of sp³-hybridized carbons (Fsp3) is 0.0476. The highest BCUT2D eigenvalue weighted by Gasteiger charge is 2.20. The molecule has 8 rings (SSSR count). The summed E-state index contributed by atoms with van der Waals surface area (Å²) in [5.41, 5.74) is 12.1. The van der Waals surface area contributed by atoms with E-state index in [2.05, 4.69) is 135 Å². The molecule has 7 heteroatoms. The fourth-order valence-corrected chi connectivity index (χ4v) is 6.40. The van der Waals surface area contributed by atoms with Gasteiger partial charge in [0.15, 0.2) is 11.6 Å². The average molecular weight is 630 g/mol. The van der Waals surface area contributed by atoms with Crippen molar-refractivity contribution in [3.63, 3.8) is 0 Å². The van der Waals surface area contributed by atoms with Crippen LogP contribution in [0.2, 0.25) is 0 Å². The predicted octanol–water partition coefficient (Wildman–Crippen LogP) is 9.39. The Morgan fingerprint density at radius 2 is 0.959 bits per heavy atom. The quantitative estimate of drug-likeness (QED) is 0.188. The van der Waals surface area contributed by atoms with Crippen molar-refractivity contribution in [1.29, 1.82) is 10.5 Å². The smallest absolute Gasteiger partial charge is 0.161 e. The van der Waals surface area contributed by atoms with Crippen molar-refractivity contribution in [2.24, 2.45) is 0 Å². The van der Waals surface area contributed by atoms with Crippen LogP contribution in [0.15, 0.2) is 128 Å². The van der Waals surface area contributed by atoms with Gasteiger partial charge in [-0.05, 0) is 66.4 Å². The lowest BCUT2D eigenvalue weighted by Crippen LogP contribution is -2.01. The van der Waals surface area contributed by atoms with E-state index in [9.17, 15) is 10.5 Å². The molecule has 0 unspecified atom stereocenters. The summed E-state index contributed by atoms with van der Waals surface area (Å²) in [6, 6.07) is 40.5. The molecule has 0 spiro atoms. The largest absolute Gasteiger partial charge is 0.308 e. The molecule has 0 radical (unpaired) electrons. The fourth-order valence-electron chi connectivity index (χ4n) is 6.40. The van der Waals surface area contributed by atoms with Crippen LogP contribution < -0.4 is 0 Å². The van der Waals surface area contributed by atoms with Crippen molar-refractivity contribution in [3.05, 3.63) is 150 Å². The van der Waals surface area contributed by atoms with E-state index in [4.69, 9.17) is 0 Å². The highest BCUT2D eigenvalue weighted by molar-refractivity contribution is 6.11. The van der Waals surface area contributed by atoms with Crippen LogP contribution in [0.1, 0.15) is 22.3 Å². The van der Waals surface area contributed by atoms with Crippen molar-refractivity contribution in [2.75, 3.05) is 0 Å². The second-order valence-electron chi connectivity index (χ2n) is 12.1.